The first-order valence-electron chi connectivity index (χ1n) is 12.1. The number of carbonyl (C=O) groups is 2. The lowest BCUT2D eigenvalue weighted by molar-refractivity contribution is -0.152. The number of aliphatic hydroxyl groups is 1. The van der Waals surface area contributed by atoms with Gasteiger partial charge in [-0.2, -0.15) is 0 Å². The minimum atomic E-state index is -1.13. The van der Waals surface area contributed by atoms with E-state index in [2.05, 4.69) is 6.92 Å². The first kappa shape index (κ1) is 26.4. The Morgan fingerprint density at radius 1 is 0.767 bits per heavy atom. The van der Waals surface area contributed by atoms with E-state index in [9.17, 15) is 14.7 Å². The molecule has 1 aromatic rings. The van der Waals surface area contributed by atoms with Crippen molar-refractivity contribution in [2.45, 2.75) is 109 Å². The van der Waals surface area contributed by atoms with Crippen LogP contribution in [0.4, 0.5) is 0 Å². The third-order valence-electron chi connectivity index (χ3n) is 5.54. The smallest absolute Gasteiger partial charge is 0.335 e. The van der Waals surface area contributed by atoms with Crippen LogP contribution in [-0.2, 0) is 9.53 Å². The third-order valence-corrected chi connectivity index (χ3v) is 5.54. The zero-order valence-corrected chi connectivity index (χ0v) is 18.9. The second-order valence-electron chi connectivity index (χ2n) is 8.30. The van der Waals surface area contributed by atoms with Gasteiger partial charge in [0.2, 0.25) is 0 Å². The predicted octanol–water partition coefficient (Wildman–Crippen LogP) is 6.64. The summed E-state index contributed by atoms with van der Waals surface area (Å²) in [6.45, 7) is 1.94. The summed E-state index contributed by atoms with van der Waals surface area (Å²) < 4.78 is 4.95. The summed E-state index contributed by atoms with van der Waals surface area (Å²) in [6.07, 6.45) is 17.0. The average Bonchev–Trinajstić information content (AvgIpc) is 2.77. The first-order valence-corrected chi connectivity index (χ1v) is 12.1. The van der Waals surface area contributed by atoms with Crippen LogP contribution >= 0.6 is 0 Å². The molecule has 1 aromatic carbocycles. The second-order valence-corrected chi connectivity index (χ2v) is 8.30. The Morgan fingerprint density at radius 3 is 1.73 bits per heavy atom. The molecule has 0 amide bonds. The van der Waals surface area contributed by atoms with Crippen LogP contribution in [0.1, 0.15) is 114 Å². The summed E-state index contributed by atoms with van der Waals surface area (Å²) in [5, 5.41) is 9.91. The van der Waals surface area contributed by atoms with E-state index in [1.165, 1.54) is 70.6 Å². The molecule has 0 heterocycles. The predicted molar refractivity (Wildman–Crippen MR) is 123 cm³/mol. The molecule has 1 atom stereocenters. The number of Topliss-reactive ketones (excluding diaryl/α,β-unsaturated/α-hetero) is 1. The monoisotopic (exact) mass is 418 g/mol. The number of ketones is 1. The highest BCUT2D eigenvalue weighted by Crippen LogP contribution is 2.14. The summed E-state index contributed by atoms with van der Waals surface area (Å²) in [4.78, 5) is 23.7. The molecule has 1 rings (SSSR count). The van der Waals surface area contributed by atoms with E-state index < -0.39 is 12.1 Å². The van der Waals surface area contributed by atoms with E-state index in [-0.39, 0.29) is 12.4 Å². The maximum Gasteiger partial charge on any atom is 0.335 e. The summed E-state index contributed by atoms with van der Waals surface area (Å²) in [5.41, 5.74) is 0.506. The van der Waals surface area contributed by atoms with E-state index in [0.29, 0.717) is 12.0 Å². The molecule has 0 fully saturated rings. The quantitative estimate of drug-likeness (QED) is 0.155. The van der Waals surface area contributed by atoms with Crippen LogP contribution in [0.15, 0.2) is 30.3 Å². The lowest BCUT2D eigenvalue weighted by Gasteiger charge is -2.10. The molecule has 0 bridgehead atoms. The van der Waals surface area contributed by atoms with Gasteiger partial charge in [-0.25, -0.2) is 4.79 Å². The van der Waals surface area contributed by atoms with Crippen LogP contribution in [0.2, 0.25) is 0 Å². The minimum Gasteiger partial charge on any atom is -0.455 e. The minimum absolute atomic E-state index is 0.257. The molecule has 1 N–H and O–H groups in total. The number of hydrogen-bond acceptors (Lipinski definition) is 4. The van der Waals surface area contributed by atoms with E-state index in [1.54, 1.807) is 24.3 Å². The van der Waals surface area contributed by atoms with Crippen molar-refractivity contribution in [3.63, 3.8) is 0 Å². The lowest BCUT2D eigenvalue weighted by Crippen LogP contribution is -2.25. The second kappa shape index (κ2) is 18.1. The molecule has 4 heteroatoms. The maximum atomic E-state index is 11.9. The van der Waals surface area contributed by atoms with Crippen LogP contribution in [-0.4, -0.2) is 29.6 Å². The Labute approximate surface area is 183 Å². The highest BCUT2D eigenvalue weighted by Gasteiger charge is 2.17. The summed E-state index contributed by atoms with van der Waals surface area (Å²) >= 11 is 0. The van der Waals surface area contributed by atoms with Crippen LogP contribution in [0.25, 0.3) is 0 Å². The van der Waals surface area contributed by atoms with Gasteiger partial charge < -0.3 is 9.84 Å². The molecule has 0 saturated heterocycles. The molecule has 0 spiro atoms. The molecule has 0 radical (unpaired) electrons. The molecule has 170 valence electrons. The molecule has 0 aliphatic rings. The van der Waals surface area contributed by atoms with E-state index >= 15 is 0 Å². The highest BCUT2D eigenvalue weighted by molar-refractivity contribution is 5.98. The Hall–Kier alpha value is -1.68. The molecule has 0 aliphatic carbocycles. The van der Waals surface area contributed by atoms with Crippen molar-refractivity contribution in [3.05, 3.63) is 35.9 Å². The molecule has 0 aromatic heterocycles. The van der Waals surface area contributed by atoms with Crippen molar-refractivity contribution in [2.75, 3.05) is 6.61 Å². The van der Waals surface area contributed by atoms with Gasteiger partial charge in [0.05, 0.1) is 0 Å². The Bertz CT molecular complexity index is 555. The van der Waals surface area contributed by atoms with Crippen LogP contribution in [0.5, 0.6) is 0 Å². The fraction of sp³-hybridized carbons (Fsp3) is 0.692. The lowest BCUT2D eigenvalue weighted by atomic mass is 10.0. The van der Waals surface area contributed by atoms with Gasteiger partial charge in [-0.05, 0) is 6.42 Å². The number of benzene rings is 1. The molecule has 0 saturated carbocycles. The standard InChI is InChI=1S/C26H42O4/c1-2-3-4-5-6-7-8-9-10-11-12-13-14-18-21-24(27)26(29)30-22-25(28)23-19-16-15-17-20-23/h15-17,19-20,24,27H,2-14,18,21-22H2,1H3. The van der Waals surface area contributed by atoms with Gasteiger partial charge in [-0.3, -0.25) is 4.79 Å². The normalized spacial score (nSPS) is 11.9. The van der Waals surface area contributed by atoms with Crippen molar-refractivity contribution in [1.29, 1.82) is 0 Å². The molecular formula is C26H42O4. The SMILES string of the molecule is CCCCCCCCCCCCCCCCC(O)C(=O)OCC(=O)c1ccccc1. The molecule has 30 heavy (non-hydrogen) atoms. The molecule has 4 nitrogen and oxygen atoms in total. The number of ether oxygens (including phenoxy) is 1. The topological polar surface area (TPSA) is 63.6 Å². The maximum absolute atomic E-state index is 11.9. The van der Waals surface area contributed by atoms with Crippen LogP contribution < -0.4 is 0 Å². The van der Waals surface area contributed by atoms with Gasteiger partial charge in [0, 0.05) is 5.56 Å². The van der Waals surface area contributed by atoms with Gasteiger partial charge in [-0.1, -0.05) is 127 Å². The number of hydrogen-bond donors (Lipinski definition) is 1. The van der Waals surface area contributed by atoms with Crippen LogP contribution in [0, 0.1) is 0 Å². The van der Waals surface area contributed by atoms with Gasteiger partial charge in [0.25, 0.3) is 0 Å². The van der Waals surface area contributed by atoms with Crippen molar-refractivity contribution in [2.24, 2.45) is 0 Å². The third kappa shape index (κ3) is 13.5. The van der Waals surface area contributed by atoms with Gasteiger partial charge in [-0.15, -0.1) is 0 Å². The Morgan fingerprint density at radius 2 is 1.23 bits per heavy atom. The van der Waals surface area contributed by atoms with Crippen molar-refractivity contribution < 1.29 is 19.4 Å². The van der Waals surface area contributed by atoms with Gasteiger partial charge in [0.15, 0.2) is 18.5 Å². The van der Waals surface area contributed by atoms with E-state index in [0.717, 1.165) is 19.3 Å². The first-order chi connectivity index (χ1) is 14.6. The largest absolute Gasteiger partial charge is 0.455 e. The summed E-state index contributed by atoms with van der Waals surface area (Å²) in [6, 6.07) is 8.71. The summed E-state index contributed by atoms with van der Waals surface area (Å²) in [5.74, 6) is -0.957. The number of aliphatic hydroxyl groups excluding tert-OH is 1. The van der Waals surface area contributed by atoms with Crippen molar-refractivity contribution >= 4 is 11.8 Å². The number of esters is 1. The summed E-state index contributed by atoms with van der Waals surface area (Å²) in [7, 11) is 0. The Kier molecular flexibility index (Phi) is 15.9. The average molecular weight is 419 g/mol. The van der Waals surface area contributed by atoms with Crippen LogP contribution in [0.3, 0.4) is 0 Å². The van der Waals surface area contributed by atoms with Crippen molar-refractivity contribution in [1.82, 2.24) is 0 Å². The Balaban J connectivity index is 1.91. The highest BCUT2D eigenvalue weighted by atomic mass is 16.5. The fourth-order valence-corrected chi connectivity index (χ4v) is 3.59. The van der Waals surface area contributed by atoms with E-state index in [4.69, 9.17) is 4.74 Å². The zero-order chi connectivity index (χ0) is 21.9. The molecule has 1 unspecified atom stereocenters. The zero-order valence-electron chi connectivity index (χ0n) is 18.9. The molecule has 0 aliphatic heterocycles. The number of rotatable bonds is 19. The van der Waals surface area contributed by atoms with E-state index in [1.807, 2.05) is 6.07 Å². The van der Waals surface area contributed by atoms with Crippen molar-refractivity contribution in [3.8, 4) is 0 Å². The number of unbranched alkanes of at least 4 members (excludes halogenated alkanes) is 13. The fourth-order valence-electron chi connectivity index (χ4n) is 3.59. The molecular weight excluding hydrogens is 376 g/mol. The van der Waals surface area contributed by atoms with Gasteiger partial charge in [0.1, 0.15) is 0 Å². The van der Waals surface area contributed by atoms with Gasteiger partial charge >= 0.3 is 5.97 Å². The number of carbonyl (C=O) groups excluding carboxylic acids is 2.